The summed E-state index contributed by atoms with van der Waals surface area (Å²) >= 11 is 1.63. The number of nitrogens with zero attached hydrogens (tertiary/aromatic N) is 3. The summed E-state index contributed by atoms with van der Waals surface area (Å²) in [4.78, 5) is 18.1. The number of ether oxygens (including phenoxy) is 1. The number of carbonyl (C=O) groups is 1. The number of likely N-dealkylation sites (tertiary alicyclic amines) is 1. The molecule has 2 aromatic carbocycles. The first-order chi connectivity index (χ1) is 18.0. The molecule has 7 nitrogen and oxygen atoms in total. The first kappa shape index (κ1) is 24.2. The van der Waals surface area contributed by atoms with Gasteiger partial charge in [-0.25, -0.2) is 0 Å². The van der Waals surface area contributed by atoms with Gasteiger partial charge in [0.2, 0.25) is 5.91 Å². The normalized spacial score (nSPS) is 21.4. The molecular formula is C29H33N5O2S. The van der Waals surface area contributed by atoms with Gasteiger partial charge >= 0.3 is 0 Å². The highest BCUT2D eigenvalue weighted by Crippen LogP contribution is 2.32. The number of morpholine rings is 1. The van der Waals surface area contributed by atoms with Crippen molar-refractivity contribution in [3.63, 3.8) is 0 Å². The molecule has 2 aliphatic rings. The Morgan fingerprint density at radius 2 is 1.84 bits per heavy atom. The molecule has 8 heteroatoms. The van der Waals surface area contributed by atoms with Crippen molar-refractivity contribution in [3.8, 4) is 11.3 Å². The number of anilines is 2. The smallest absolute Gasteiger partial charge is 0.246 e. The second-order valence-electron chi connectivity index (χ2n) is 10.2. The average Bonchev–Trinajstić information content (AvgIpc) is 3.67. The van der Waals surface area contributed by atoms with Crippen molar-refractivity contribution in [3.05, 3.63) is 64.9 Å². The Labute approximate surface area is 221 Å². The number of nitrogens with one attached hydrogen (secondary N) is 2. The Hall–Kier alpha value is -3.20. The maximum Gasteiger partial charge on any atom is 0.246 e. The molecule has 0 radical (unpaired) electrons. The van der Waals surface area contributed by atoms with E-state index in [4.69, 9.17) is 4.74 Å². The number of carbonyl (C=O) groups excluding carboxylic acids is 1. The second kappa shape index (κ2) is 10.3. The molecule has 0 aliphatic carbocycles. The minimum Gasteiger partial charge on any atom is -0.372 e. The number of aromatic amines is 1. The minimum atomic E-state index is -0.258. The van der Waals surface area contributed by atoms with E-state index in [1.165, 1.54) is 5.69 Å². The third-order valence-corrected chi connectivity index (χ3v) is 8.07. The summed E-state index contributed by atoms with van der Waals surface area (Å²) in [5, 5.41) is 16.1. The molecule has 0 saturated carbocycles. The zero-order valence-corrected chi connectivity index (χ0v) is 22.1. The Bertz CT molecular complexity index is 1350. The molecule has 0 bridgehead atoms. The molecule has 2 saturated heterocycles. The second-order valence-corrected chi connectivity index (χ2v) is 11.0. The number of rotatable bonds is 6. The summed E-state index contributed by atoms with van der Waals surface area (Å²) in [6.07, 6.45) is 2.72. The molecule has 3 unspecified atom stereocenters. The van der Waals surface area contributed by atoms with Crippen molar-refractivity contribution in [1.82, 2.24) is 15.1 Å². The van der Waals surface area contributed by atoms with Crippen molar-refractivity contribution in [2.45, 2.75) is 44.9 Å². The molecule has 0 spiro atoms. The molecule has 2 N–H and O–H groups in total. The number of H-pyrrole nitrogens is 1. The molecule has 2 aromatic heterocycles. The van der Waals surface area contributed by atoms with Gasteiger partial charge in [0.05, 0.1) is 23.4 Å². The molecule has 2 aliphatic heterocycles. The topological polar surface area (TPSA) is 73.5 Å². The van der Waals surface area contributed by atoms with Gasteiger partial charge in [0.15, 0.2) is 0 Å². The highest BCUT2D eigenvalue weighted by molar-refractivity contribution is 7.08. The maximum absolute atomic E-state index is 13.5. The van der Waals surface area contributed by atoms with Gasteiger partial charge in [0, 0.05) is 35.4 Å². The molecule has 3 atom stereocenters. The molecule has 37 heavy (non-hydrogen) atoms. The van der Waals surface area contributed by atoms with Crippen molar-refractivity contribution < 1.29 is 9.53 Å². The fourth-order valence-electron chi connectivity index (χ4n) is 5.70. The summed E-state index contributed by atoms with van der Waals surface area (Å²) in [6.45, 7) is 7.94. The first-order valence-electron chi connectivity index (χ1n) is 13.1. The van der Waals surface area contributed by atoms with Crippen LogP contribution in [0.2, 0.25) is 0 Å². The lowest BCUT2D eigenvalue weighted by Crippen LogP contribution is -2.45. The largest absolute Gasteiger partial charge is 0.372 e. The van der Waals surface area contributed by atoms with E-state index in [9.17, 15) is 4.79 Å². The highest BCUT2D eigenvalue weighted by Gasteiger charge is 2.30. The maximum atomic E-state index is 13.5. The average molecular weight is 516 g/mol. The van der Waals surface area contributed by atoms with E-state index in [-0.39, 0.29) is 24.2 Å². The van der Waals surface area contributed by atoms with E-state index < -0.39 is 0 Å². The Kier molecular flexibility index (Phi) is 6.71. The van der Waals surface area contributed by atoms with E-state index in [2.05, 4.69) is 74.9 Å². The van der Waals surface area contributed by atoms with Crippen LogP contribution < -0.4 is 10.2 Å². The number of thiophene rings is 1. The van der Waals surface area contributed by atoms with Crippen LogP contribution in [0, 0.1) is 0 Å². The molecule has 4 aromatic rings. The van der Waals surface area contributed by atoms with Crippen LogP contribution in [0.1, 0.15) is 38.3 Å². The van der Waals surface area contributed by atoms with Gasteiger partial charge in [-0.05, 0) is 92.5 Å². The predicted octanol–water partition coefficient (Wildman–Crippen LogP) is 5.68. The van der Waals surface area contributed by atoms with Crippen molar-refractivity contribution in [2.75, 3.05) is 36.4 Å². The lowest BCUT2D eigenvalue weighted by molar-refractivity contribution is -0.121. The van der Waals surface area contributed by atoms with Crippen molar-refractivity contribution in [2.24, 2.45) is 0 Å². The summed E-state index contributed by atoms with van der Waals surface area (Å²) in [6, 6.07) is 16.3. The Morgan fingerprint density at radius 3 is 2.54 bits per heavy atom. The third kappa shape index (κ3) is 5.01. The van der Waals surface area contributed by atoms with Crippen LogP contribution in [-0.4, -0.2) is 59.4 Å². The molecule has 1 amide bonds. The van der Waals surface area contributed by atoms with Crippen LogP contribution in [0.25, 0.3) is 22.2 Å². The number of benzene rings is 2. The van der Waals surface area contributed by atoms with Crippen LogP contribution in [-0.2, 0) is 9.53 Å². The van der Waals surface area contributed by atoms with Crippen LogP contribution in [0.15, 0.2) is 59.3 Å². The van der Waals surface area contributed by atoms with Gasteiger partial charge in [0.25, 0.3) is 0 Å². The number of fused-ring (bicyclic) bond motifs is 1. The number of hydrogen-bond donors (Lipinski definition) is 2. The number of hydrogen-bond acceptors (Lipinski definition) is 6. The zero-order valence-electron chi connectivity index (χ0n) is 21.3. The third-order valence-electron chi connectivity index (χ3n) is 7.37. The van der Waals surface area contributed by atoms with E-state index in [0.29, 0.717) is 0 Å². The number of amides is 1. The summed E-state index contributed by atoms with van der Waals surface area (Å²) in [7, 11) is 0. The number of aromatic nitrogens is 2. The van der Waals surface area contributed by atoms with Gasteiger partial charge in [-0.3, -0.25) is 14.8 Å². The molecule has 4 heterocycles. The van der Waals surface area contributed by atoms with Gasteiger partial charge in [-0.15, -0.1) is 0 Å². The SMILES string of the molecule is CC1CN(c2ccc(-c3n[nH]c4ccc(NC(=O)C(c5ccsc5)N5CCCC5)cc34)cc2)CC(C)O1. The summed E-state index contributed by atoms with van der Waals surface area (Å²) in [5.41, 5.74) is 5.92. The molecular weight excluding hydrogens is 482 g/mol. The summed E-state index contributed by atoms with van der Waals surface area (Å²) in [5.74, 6) is 0.0167. The van der Waals surface area contributed by atoms with Gasteiger partial charge in [0.1, 0.15) is 6.04 Å². The monoisotopic (exact) mass is 515 g/mol. The van der Waals surface area contributed by atoms with Crippen LogP contribution in [0.3, 0.4) is 0 Å². The van der Waals surface area contributed by atoms with Crippen molar-refractivity contribution in [1.29, 1.82) is 0 Å². The predicted molar refractivity (Wildman–Crippen MR) is 150 cm³/mol. The molecule has 192 valence electrons. The van der Waals surface area contributed by atoms with Crippen LogP contribution in [0.5, 0.6) is 0 Å². The van der Waals surface area contributed by atoms with Crippen LogP contribution in [0.4, 0.5) is 11.4 Å². The fraction of sp³-hybridized carbons (Fsp3) is 0.379. The highest BCUT2D eigenvalue weighted by atomic mass is 32.1. The Morgan fingerprint density at radius 1 is 1.08 bits per heavy atom. The summed E-state index contributed by atoms with van der Waals surface area (Å²) < 4.78 is 5.88. The van der Waals surface area contributed by atoms with E-state index in [0.717, 1.165) is 72.4 Å². The Balaban J connectivity index is 1.24. The van der Waals surface area contributed by atoms with E-state index in [1.54, 1.807) is 11.3 Å². The van der Waals surface area contributed by atoms with Gasteiger partial charge < -0.3 is 15.0 Å². The lowest BCUT2D eigenvalue weighted by atomic mass is 10.1. The van der Waals surface area contributed by atoms with Crippen molar-refractivity contribution >= 4 is 39.5 Å². The first-order valence-corrected chi connectivity index (χ1v) is 14.1. The molecule has 2 fully saturated rings. The molecule has 6 rings (SSSR count). The van der Waals surface area contributed by atoms with Gasteiger partial charge in [-0.2, -0.15) is 16.4 Å². The zero-order chi connectivity index (χ0) is 25.4. The van der Waals surface area contributed by atoms with E-state index in [1.807, 2.05) is 23.6 Å². The minimum absolute atomic E-state index is 0.0167. The quantitative estimate of drug-likeness (QED) is 0.346. The van der Waals surface area contributed by atoms with Gasteiger partial charge in [-0.1, -0.05) is 12.1 Å². The van der Waals surface area contributed by atoms with Crippen LogP contribution >= 0.6 is 11.3 Å². The van der Waals surface area contributed by atoms with E-state index >= 15 is 0 Å². The fourth-order valence-corrected chi connectivity index (χ4v) is 6.38. The standard InChI is InChI=1S/C29H33N5O2S/c1-19-16-34(17-20(2)36-19)24-8-5-21(6-9-24)27-25-15-23(7-10-26(25)31-32-27)30-29(35)28(22-11-14-37-18-22)33-12-3-4-13-33/h5-11,14-15,18-20,28H,3-4,12-13,16-17H2,1-2H3,(H,30,35)(H,31,32). The lowest BCUT2D eigenvalue weighted by Gasteiger charge is -2.36.